The lowest BCUT2D eigenvalue weighted by atomic mass is 10.0. The van der Waals surface area contributed by atoms with E-state index in [0.29, 0.717) is 10.6 Å². The maximum atomic E-state index is 12.5. The van der Waals surface area contributed by atoms with E-state index in [1.165, 1.54) is 13.3 Å². The van der Waals surface area contributed by atoms with Crippen LogP contribution in [0.5, 0.6) is 0 Å². The van der Waals surface area contributed by atoms with E-state index in [1.807, 2.05) is 26.0 Å². The number of methoxy groups -OCH3 is 1. The number of carbonyl (C=O) groups is 2. The van der Waals surface area contributed by atoms with Crippen molar-refractivity contribution in [2.24, 2.45) is 0 Å². The van der Waals surface area contributed by atoms with E-state index in [-0.39, 0.29) is 11.8 Å². The van der Waals surface area contributed by atoms with Gasteiger partial charge in [0.1, 0.15) is 6.04 Å². The third-order valence-electron chi connectivity index (χ3n) is 3.57. The van der Waals surface area contributed by atoms with Crippen LogP contribution in [-0.2, 0) is 9.53 Å². The number of nitrogens with one attached hydrogen (secondary N) is 1. The van der Waals surface area contributed by atoms with Crippen molar-refractivity contribution in [3.05, 3.63) is 46.7 Å². The Morgan fingerprint density at radius 3 is 2.38 bits per heavy atom. The average Bonchev–Trinajstić information content (AvgIpc) is 3.00. The van der Waals surface area contributed by atoms with E-state index >= 15 is 0 Å². The molecule has 6 nitrogen and oxygen atoms in total. The van der Waals surface area contributed by atoms with Crippen LogP contribution in [0.2, 0.25) is 5.02 Å². The van der Waals surface area contributed by atoms with Gasteiger partial charge >= 0.3 is 5.97 Å². The van der Waals surface area contributed by atoms with Gasteiger partial charge in [-0.2, -0.15) is 5.10 Å². The molecule has 128 valence electrons. The number of rotatable bonds is 5. The minimum atomic E-state index is -0.735. The van der Waals surface area contributed by atoms with Crippen LogP contribution in [0.15, 0.2) is 30.5 Å². The topological polar surface area (TPSA) is 73.2 Å². The average molecular weight is 350 g/mol. The van der Waals surface area contributed by atoms with E-state index in [1.54, 1.807) is 23.7 Å². The predicted octanol–water partition coefficient (Wildman–Crippen LogP) is 2.94. The van der Waals surface area contributed by atoms with Crippen molar-refractivity contribution in [3.8, 4) is 5.69 Å². The molecule has 7 heteroatoms. The van der Waals surface area contributed by atoms with Crippen molar-refractivity contribution in [3.63, 3.8) is 0 Å². The molecule has 1 atom stereocenters. The van der Waals surface area contributed by atoms with E-state index in [4.69, 9.17) is 11.6 Å². The molecule has 0 saturated heterocycles. The number of hydrogen-bond donors (Lipinski definition) is 1. The molecule has 0 bridgehead atoms. The van der Waals surface area contributed by atoms with Crippen LogP contribution in [0.3, 0.4) is 0 Å². The van der Waals surface area contributed by atoms with Gasteiger partial charge in [-0.15, -0.1) is 0 Å². The van der Waals surface area contributed by atoms with Crippen molar-refractivity contribution in [1.29, 1.82) is 0 Å². The number of ether oxygens (including phenoxy) is 1. The molecule has 24 heavy (non-hydrogen) atoms. The van der Waals surface area contributed by atoms with Gasteiger partial charge < -0.3 is 10.1 Å². The second kappa shape index (κ2) is 7.49. The van der Waals surface area contributed by atoms with Gasteiger partial charge in [0.2, 0.25) is 0 Å². The summed E-state index contributed by atoms with van der Waals surface area (Å²) in [4.78, 5) is 24.0. The third kappa shape index (κ3) is 3.76. The molecular formula is C17H20ClN3O3. The zero-order valence-corrected chi connectivity index (χ0v) is 14.8. The Morgan fingerprint density at radius 1 is 1.21 bits per heavy atom. The second-order valence-electron chi connectivity index (χ2n) is 5.70. The molecule has 0 spiro atoms. The molecule has 1 aromatic carbocycles. The molecular weight excluding hydrogens is 330 g/mol. The summed E-state index contributed by atoms with van der Waals surface area (Å²) in [5, 5.41) is 7.58. The van der Waals surface area contributed by atoms with E-state index in [9.17, 15) is 9.59 Å². The lowest BCUT2D eigenvalue weighted by molar-refractivity contribution is -0.142. The van der Waals surface area contributed by atoms with Crippen molar-refractivity contribution >= 4 is 23.5 Å². The van der Waals surface area contributed by atoms with Gasteiger partial charge in [-0.05, 0) is 37.1 Å². The van der Waals surface area contributed by atoms with Crippen LogP contribution in [0.4, 0.5) is 0 Å². The third-order valence-corrected chi connectivity index (χ3v) is 3.82. The molecule has 0 aliphatic carbocycles. The second-order valence-corrected chi connectivity index (χ2v) is 6.14. The van der Waals surface area contributed by atoms with Gasteiger partial charge in [-0.25, -0.2) is 9.48 Å². The first-order valence-corrected chi connectivity index (χ1v) is 7.95. The zero-order chi connectivity index (χ0) is 17.9. The number of hydrogen-bond acceptors (Lipinski definition) is 4. The number of carbonyl (C=O) groups excluding carboxylic acids is 2. The van der Waals surface area contributed by atoms with Crippen molar-refractivity contribution in [2.75, 3.05) is 7.11 Å². The number of benzene rings is 1. The summed E-state index contributed by atoms with van der Waals surface area (Å²) in [7, 11) is 1.28. The predicted molar refractivity (Wildman–Crippen MR) is 91.6 cm³/mol. The quantitative estimate of drug-likeness (QED) is 0.842. The van der Waals surface area contributed by atoms with Gasteiger partial charge in [0.15, 0.2) is 0 Å². The highest BCUT2D eigenvalue weighted by atomic mass is 35.5. The van der Waals surface area contributed by atoms with Crippen LogP contribution in [0.25, 0.3) is 5.69 Å². The summed E-state index contributed by atoms with van der Waals surface area (Å²) in [6.45, 7) is 5.52. The fourth-order valence-electron chi connectivity index (χ4n) is 2.39. The number of esters is 1. The fraction of sp³-hybridized carbons (Fsp3) is 0.353. The van der Waals surface area contributed by atoms with Crippen LogP contribution in [-0.4, -0.2) is 34.8 Å². The Hall–Kier alpha value is -2.34. The van der Waals surface area contributed by atoms with E-state index < -0.39 is 12.0 Å². The van der Waals surface area contributed by atoms with Gasteiger partial charge in [-0.3, -0.25) is 4.79 Å². The summed E-state index contributed by atoms with van der Waals surface area (Å²) >= 11 is 5.92. The minimum absolute atomic E-state index is 0.0531. The highest BCUT2D eigenvalue weighted by Gasteiger charge is 2.24. The largest absolute Gasteiger partial charge is 0.467 e. The van der Waals surface area contributed by atoms with E-state index in [0.717, 1.165) is 11.4 Å². The number of nitrogens with zero attached hydrogens (tertiary/aromatic N) is 2. The summed E-state index contributed by atoms with van der Waals surface area (Å²) in [5.74, 6) is -0.811. The van der Waals surface area contributed by atoms with Crippen LogP contribution < -0.4 is 5.32 Å². The van der Waals surface area contributed by atoms with Gasteiger partial charge in [0.05, 0.1) is 30.3 Å². The summed E-state index contributed by atoms with van der Waals surface area (Å²) in [5.41, 5.74) is 1.99. The molecule has 0 saturated carbocycles. The summed E-state index contributed by atoms with van der Waals surface area (Å²) in [6, 6.07) is 6.46. The molecule has 0 fully saturated rings. The SMILES string of the molecule is COC(=O)[C@H](C)NC(=O)c1cnn(-c2ccc(Cl)cc2)c1C(C)C. The number of halogens is 1. The Labute approximate surface area is 145 Å². The van der Waals surface area contributed by atoms with Crippen molar-refractivity contribution < 1.29 is 14.3 Å². The molecule has 0 aliphatic rings. The first-order valence-electron chi connectivity index (χ1n) is 7.57. The normalized spacial score (nSPS) is 12.1. The zero-order valence-electron chi connectivity index (χ0n) is 14.0. The highest BCUT2D eigenvalue weighted by Crippen LogP contribution is 2.24. The molecule has 0 aliphatic heterocycles. The van der Waals surface area contributed by atoms with Crippen LogP contribution >= 0.6 is 11.6 Å². The molecule has 1 N–H and O–H groups in total. The smallest absolute Gasteiger partial charge is 0.328 e. The van der Waals surface area contributed by atoms with E-state index in [2.05, 4.69) is 15.2 Å². The molecule has 1 aromatic heterocycles. The Morgan fingerprint density at radius 2 is 1.83 bits per heavy atom. The molecule has 1 heterocycles. The summed E-state index contributed by atoms with van der Waals surface area (Å²) in [6.07, 6.45) is 1.50. The monoisotopic (exact) mass is 349 g/mol. The van der Waals surface area contributed by atoms with Crippen LogP contribution in [0, 0.1) is 0 Å². The Bertz CT molecular complexity index is 738. The van der Waals surface area contributed by atoms with Crippen LogP contribution in [0.1, 0.15) is 42.7 Å². The maximum Gasteiger partial charge on any atom is 0.328 e. The maximum absolute atomic E-state index is 12.5. The first kappa shape index (κ1) is 18.0. The van der Waals surface area contributed by atoms with Gasteiger partial charge in [-0.1, -0.05) is 25.4 Å². The lowest BCUT2D eigenvalue weighted by Crippen LogP contribution is -2.39. The molecule has 2 rings (SSSR count). The Balaban J connectivity index is 2.36. The minimum Gasteiger partial charge on any atom is -0.467 e. The Kier molecular flexibility index (Phi) is 5.62. The lowest BCUT2D eigenvalue weighted by Gasteiger charge is -2.15. The summed E-state index contributed by atoms with van der Waals surface area (Å²) < 4.78 is 6.33. The number of amides is 1. The standard InChI is InChI=1S/C17H20ClN3O3/c1-10(2)15-14(16(22)20-11(3)17(23)24-4)9-19-21(15)13-7-5-12(18)6-8-13/h5-11H,1-4H3,(H,20,22)/t11-/m0/s1. The first-order chi connectivity index (χ1) is 11.3. The van der Waals surface area contributed by atoms with Crippen molar-refractivity contribution in [1.82, 2.24) is 15.1 Å². The van der Waals surface area contributed by atoms with Gasteiger partial charge in [0, 0.05) is 5.02 Å². The van der Waals surface area contributed by atoms with Crippen molar-refractivity contribution in [2.45, 2.75) is 32.7 Å². The highest BCUT2D eigenvalue weighted by molar-refractivity contribution is 6.30. The molecule has 0 radical (unpaired) electrons. The fourth-order valence-corrected chi connectivity index (χ4v) is 2.51. The molecule has 0 unspecified atom stereocenters. The molecule has 2 aromatic rings. The molecule has 1 amide bonds. The van der Waals surface area contributed by atoms with Gasteiger partial charge in [0.25, 0.3) is 5.91 Å². The number of aromatic nitrogens is 2.